The Morgan fingerprint density at radius 1 is 0.659 bits per heavy atom. The molecule has 466 valence electrons. The van der Waals surface area contributed by atoms with Crippen LogP contribution in [-0.4, -0.2) is 209 Å². The number of unbranched alkanes of at least 4 members (excludes halogenated alkanes) is 4. The number of nitrogens with zero attached hydrogens (tertiary/aromatic N) is 6. The third-order valence-electron chi connectivity index (χ3n) is 16.5. The fourth-order valence-corrected chi connectivity index (χ4v) is 12.8. The molecule has 0 saturated carbocycles. The molecule has 3 heterocycles. The molecule has 1 fully saturated rings. The molecule has 1 saturated heterocycles. The van der Waals surface area contributed by atoms with Gasteiger partial charge in [0.1, 0.15) is 12.6 Å². The van der Waals surface area contributed by atoms with Gasteiger partial charge in [0.25, 0.3) is 10.1 Å². The zero-order valence-corrected chi connectivity index (χ0v) is 51.3. The largest absolute Gasteiger partial charge is 0.480 e. The number of hydrogen-bond donors (Lipinski definition) is 7. The summed E-state index contributed by atoms with van der Waals surface area (Å²) in [5.41, 5.74) is 8.49. The maximum Gasteiger partial charge on any atom is 0.326 e. The van der Waals surface area contributed by atoms with Crippen LogP contribution in [-0.2, 0) is 49.7 Å². The number of carboxylic acids is 4. The smallest absolute Gasteiger partial charge is 0.326 e. The highest BCUT2D eigenvalue weighted by Crippen LogP contribution is 2.48. The van der Waals surface area contributed by atoms with E-state index in [1.165, 1.54) is 11.1 Å². The topological polar surface area (TPSA) is 281 Å². The molecule has 0 aromatic heterocycles. The van der Waals surface area contributed by atoms with E-state index in [1.54, 1.807) is 19.6 Å². The van der Waals surface area contributed by atoms with Crippen molar-refractivity contribution in [3.63, 3.8) is 0 Å². The highest BCUT2D eigenvalue weighted by Gasteiger charge is 2.44. The maximum absolute atomic E-state index is 13.3. The van der Waals surface area contributed by atoms with Crippen LogP contribution in [0.25, 0.3) is 0 Å². The molecule has 1 unspecified atom stereocenters. The number of carbonyl (C=O) groups is 6. The van der Waals surface area contributed by atoms with Crippen LogP contribution in [0, 0.1) is 0 Å². The van der Waals surface area contributed by atoms with Crippen LogP contribution >= 0.6 is 11.6 Å². The summed E-state index contributed by atoms with van der Waals surface area (Å²) in [4.78, 5) is 82.3. The van der Waals surface area contributed by atoms with Gasteiger partial charge in [0.05, 0.1) is 37.3 Å². The van der Waals surface area contributed by atoms with Crippen molar-refractivity contribution in [1.82, 2.24) is 30.2 Å². The van der Waals surface area contributed by atoms with Gasteiger partial charge in [0.2, 0.25) is 17.5 Å². The molecule has 23 heteroatoms. The van der Waals surface area contributed by atoms with Crippen LogP contribution in [0.5, 0.6) is 0 Å². The Balaban J connectivity index is 0.989. The van der Waals surface area contributed by atoms with Gasteiger partial charge in [-0.15, -0.1) is 0 Å². The number of allylic oxidation sites excluding steroid dienone is 8. The first kappa shape index (κ1) is 67.9. The second-order valence-corrected chi connectivity index (χ2v) is 25.6. The zero-order chi connectivity index (χ0) is 61.9. The molecular weight excluding hydrogens is 1130 g/mol. The van der Waals surface area contributed by atoms with Gasteiger partial charge in [0.15, 0.2) is 5.71 Å². The van der Waals surface area contributed by atoms with Crippen molar-refractivity contribution in [2.75, 3.05) is 109 Å². The third kappa shape index (κ3) is 20.4. The lowest BCUT2D eigenvalue weighted by atomic mass is 9.81. The summed E-state index contributed by atoms with van der Waals surface area (Å²) in [6.45, 7) is 11.2. The molecule has 2 aromatic carbocycles. The van der Waals surface area contributed by atoms with Crippen molar-refractivity contribution < 1.29 is 66.7 Å². The Morgan fingerprint density at radius 3 is 1.82 bits per heavy atom. The second kappa shape index (κ2) is 31.9. The fourth-order valence-electron chi connectivity index (χ4n) is 11.9. The van der Waals surface area contributed by atoms with E-state index in [-0.39, 0.29) is 107 Å². The number of amides is 2. The first-order chi connectivity index (χ1) is 40.3. The first-order valence-corrected chi connectivity index (χ1v) is 31.7. The molecule has 4 aliphatic rings. The van der Waals surface area contributed by atoms with Crippen molar-refractivity contribution in [1.29, 1.82) is 0 Å². The summed E-state index contributed by atoms with van der Waals surface area (Å²) in [6.07, 6.45) is 16.0. The zero-order valence-electron chi connectivity index (χ0n) is 49.8. The maximum atomic E-state index is 13.3. The molecule has 21 nitrogen and oxygen atoms in total. The Labute approximate surface area is 505 Å². The number of carboxylic acid groups (broad SMARTS) is 4. The molecule has 7 N–H and O–H groups in total. The van der Waals surface area contributed by atoms with Crippen molar-refractivity contribution in [2.24, 2.45) is 0 Å². The lowest BCUT2D eigenvalue weighted by Crippen LogP contribution is -2.51. The fraction of sp³-hybridized carbons (Fsp3) is 0.565. The number of benzene rings is 2. The predicted octanol–water partition coefficient (Wildman–Crippen LogP) is 6.46. The summed E-state index contributed by atoms with van der Waals surface area (Å²) in [7, 11) is -4.04. The summed E-state index contributed by atoms with van der Waals surface area (Å²) < 4.78 is 34.6. The van der Waals surface area contributed by atoms with Crippen molar-refractivity contribution in [3.05, 3.63) is 106 Å². The summed E-state index contributed by atoms with van der Waals surface area (Å²) in [5.74, 6) is -5.35. The van der Waals surface area contributed by atoms with Crippen LogP contribution in [0.15, 0.2) is 94.7 Å². The highest BCUT2D eigenvalue weighted by atomic mass is 35.5. The minimum absolute atomic E-state index is 0.0937. The number of para-hydroxylation sites is 2. The van der Waals surface area contributed by atoms with Crippen LogP contribution in [0.4, 0.5) is 11.4 Å². The van der Waals surface area contributed by atoms with Crippen molar-refractivity contribution in [2.45, 2.75) is 122 Å². The van der Waals surface area contributed by atoms with E-state index in [2.05, 4.69) is 109 Å². The molecule has 2 amide bonds. The summed E-state index contributed by atoms with van der Waals surface area (Å²) in [5, 5.41) is 44.8. The lowest BCUT2D eigenvalue weighted by Gasteiger charge is -2.33. The van der Waals surface area contributed by atoms with Gasteiger partial charge >= 0.3 is 23.9 Å². The minimum Gasteiger partial charge on any atom is -0.480 e. The molecule has 1 aliphatic carbocycles. The van der Waals surface area contributed by atoms with E-state index < -0.39 is 45.9 Å². The quantitative estimate of drug-likeness (QED) is 0.0261. The molecule has 3 aliphatic heterocycles. The SMILES string of the molecule is CC1(C)C(=CC=C2CCCC(C=CC3=[N+](CCCCCC(=O)NCCCCC(NC(=O)CN4CCN(CC(=O)O)CCN(CC(=O)O)CCN(CC(=O)O)CC4)C(=O)O)c4ccccc4C3(C)C)=C2Cl)N(CCCCS(=O)(=O)O)c2ccccc21. The van der Waals surface area contributed by atoms with Crippen LogP contribution in [0.2, 0.25) is 0 Å². The number of rotatable bonds is 29. The van der Waals surface area contributed by atoms with Gasteiger partial charge in [-0.05, 0) is 107 Å². The predicted molar refractivity (Wildman–Crippen MR) is 327 cm³/mol. The average molecular weight is 1220 g/mol. The average Bonchev–Trinajstić information content (AvgIpc) is 4.06. The van der Waals surface area contributed by atoms with Gasteiger partial charge < -0.3 is 36.0 Å². The van der Waals surface area contributed by atoms with E-state index >= 15 is 0 Å². The van der Waals surface area contributed by atoms with E-state index in [1.807, 2.05) is 12.1 Å². The Bertz CT molecular complexity index is 2960. The molecule has 0 bridgehead atoms. The Hall–Kier alpha value is -6.27. The van der Waals surface area contributed by atoms with Crippen LogP contribution in [0.1, 0.15) is 116 Å². The molecule has 2 aromatic rings. The van der Waals surface area contributed by atoms with E-state index in [4.69, 9.17) is 11.6 Å². The number of carbonyl (C=O) groups excluding carboxylic acids is 2. The first-order valence-electron chi connectivity index (χ1n) is 29.7. The standard InChI is InChI=1S/C62H87ClN8O13S/c1-61(2)47-19-7-9-22-50(47)70(52(61)27-25-45-17-16-18-46(59(45)63)26-28-53-62(3,4)48-20-8-10-23-51(48)71(53)31-14-15-40-85(82,83)84)30-13-5-6-24-54(72)64-29-12-11-21-49(60(80)81)65-55(73)41-66-32-34-67(42-56(74)75)36-38-69(44-58(78)79)39-37-68(35-33-66)43-57(76)77/h7-10,19-20,22-23,25-28,49H,5-6,11-18,21,24,29-44H2,1-4H3,(H6-,64,65,72,73,74,75,76,77,78,79,80,81,82,83,84)/p+1. The highest BCUT2D eigenvalue weighted by molar-refractivity contribution is 7.85. The molecular formula is C62H88ClN8O13S+. The normalized spacial score (nSPS) is 19.6. The molecule has 85 heavy (non-hydrogen) atoms. The van der Waals surface area contributed by atoms with Gasteiger partial charge in [-0.25, -0.2) is 4.79 Å². The monoisotopic (exact) mass is 1220 g/mol. The van der Waals surface area contributed by atoms with Crippen molar-refractivity contribution >= 4 is 74.5 Å². The number of fused-ring (bicyclic) bond motifs is 2. The molecule has 0 spiro atoms. The van der Waals surface area contributed by atoms with Gasteiger partial charge in [-0.2, -0.15) is 13.0 Å². The summed E-state index contributed by atoms with van der Waals surface area (Å²) >= 11 is 7.28. The van der Waals surface area contributed by atoms with Gasteiger partial charge in [-0.3, -0.25) is 48.1 Å². The minimum atomic E-state index is -4.04. The van der Waals surface area contributed by atoms with E-state index in [9.17, 15) is 62.2 Å². The molecule has 6 rings (SSSR count). The molecule has 1 atom stereocenters. The Kier molecular flexibility index (Phi) is 25.5. The van der Waals surface area contributed by atoms with Gasteiger partial charge in [-0.1, -0.05) is 74.0 Å². The van der Waals surface area contributed by atoms with E-state index in [0.29, 0.717) is 51.6 Å². The van der Waals surface area contributed by atoms with Crippen LogP contribution < -0.4 is 15.5 Å². The number of anilines is 1. The Morgan fingerprint density at radius 2 is 1.24 bits per heavy atom. The van der Waals surface area contributed by atoms with Crippen molar-refractivity contribution in [3.8, 4) is 0 Å². The number of nitrogens with one attached hydrogen (secondary N) is 2. The van der Waals surface area contributed by atoms with Crippen LogP contribution in [0.3, 0.4) is 0 Å². The third-order valence-corrected chi connectivity index (χ3v) is 17.8. The summed E-state index contributed by atoms with van der Waals surface area (Å²) in [6, 6.07) is 15.6. The van der Waals surface area contributed by atoms with E-state index in [0.717, 1.165) is 77.6 Å². The van der Waals surface area contributed by atoms with Gasteiger partial charge in [0, 0.05) is 118 Å². The number of aliphatic carboxylic acids is 4. The number of halogens is 1. The lowest BCUT2D eigenvalue weighted by molar-refractivity contribution is -0.438. The second-order valence-electron chi connectivity index (χ2n) is 23.6. The molecule has 0 radical (unpaired) electrons. The number of hydrogen-bond acceptors (Lipinski definition) is 13.